The molecule has 0 aliphatic carbocycles. The van der Waals surface area contributed by atoms with Gasteiger partial charge in [-0.1, -0.05) is 39.2 Å². The molecule has 25 heavy (non-hydrogen) atoms. The van der Waals surface area contributed by atoms with Crippen LogP contribution in [0.1, 0.15) is 12.5 Å². The Morgan fingerprint density at radius 3 is 2.72 bits per heavy atom. The number of methoxy groups -OCH3 is 1. The Labute approximate surface area is 149 Å². The van der Waals surface area contributed by atoms with Gasteiger partial charge in [-0.2, -0.15) is 0 Å². The minimum Gasteiger partial charge on any atom is -0.497 e. The molecular weight excluding hydrogens is 333 g/mol. The van der Waals surface area contributed by atoms with E-state index in [2.05, 4.69) is 13.8 Å². The minimum absolute atomic E-state index is 0.00646. The predicted octanol–water partition coefficient (Wildman–Crippen LogP) is 4.47. The fraction of sp³-hybridized carbons (Fsp3) is 0.200. The van der Waals surface area contributed by atoms with E-state index in [0.717, 1.165) is 27.8 Å². The van der Waals surface area contributed by atoms with E-state index >= 15 is 0 Å². The van der Waals surface area contributed by atoms with Crippen LogP contribution in [0.5, 0.6) is 11.6 Å². The van der Waals surface area contributed by atoms with Gasteiger partial charge < -0.3 is 14.6 Å². The summed E-state index contributed by atoms with van der Waals surface area (Å²) in [6.45, 7) is 2.47. The maximum Gasteiger partial charge on any atom is 0.215 e. The van der Waals surface area contributed by atoms with Crippen molar-refractivity contribution in [2.45, 2.75) is 13.3 Å². The number of aromatic nitrogens is 1. The van der Waals surface area contributed by atoms with Crippen LogP contribution in [0.3, 0.4) is 0 Å². The lowest BCUT2D eigenvalue weighted by Gasteiger charge is -2.16. The Morgan fingerprint density at radius 1 is 1.16 bits per heavy atom. The van der Waals surface area contributed by atoms with Crippen molar-refractivity contribution in [3.63, 3.8) is 0 Å². The van der Waals surface area contributed by atoms with Gasteiger partial charge in [0.1, 0.15) is 5.75 Å². The van der Waals surface area contributed by atoms with E-state index in [9.17, 15) is 5.11 Å². The molecule has 1 aromatic heterocycles. The van der Waals surface area contributed by atoms with Gasteiger partial charge in [0.2, 0.25) is 5.88 Å². The number of para-hydroxylation sites is 1. The Bertz CT molecular complexity index is 924. The van der Waals surface area contributed by atoms with Crippen molar-refractivity contribution in [1.29, 1.82) is 0 Å². The second-order valence-electron chi connectivity index (χ2n) is 5.57. The maximum atomic E-state index is 10.6. The molecule has 0 radical (unpaired) electrons. The largest absolute Gasteiger partial charge is 0.497 e. The van der Waals surface area contributed by atoms with E-state index in [1.807, 2.05) is 55.5 Å². The normalized spacial score (nSPS) is 10.8. The molecule has 0 amide bonds. The summed E-state index contributed by atoms with van der Waals surface area (Å²) in [5.74, 6) is 0.767. The molecule has 0 unspecified atom stereocenters. The molecule has 0 aliphatic heterocycles. The van der Waals surface area contributed by atoms with Crippen LogP contribution in [0.15, 0.2) is 48.5 Å². The van der Waals surface area contributed by atoms with Gasteiger partial charge in [0.15, 0.2) is 0 Å². The highest BCUT2D eigenvalue weighted by Gasteiger charge is 2.18. The maximum absolute atomic E-state index is 10.6. The van der Waals surface area contributed by atoms with Crippen molar-refractivity contribution in [3.8, 4) is 22.8 Å². The topological polar surface area (TPSA) is 51.6 Å². The number of hydrogen-bond acceptors (Lipinski definition) is 4. The molecule has 0 bridgehead atoms. The molecule has 1 heterocycles. The summed E-state index contributed by atoms with van der Waals surface area (Å²) in [6, 6.07) is 15.6. The first-order valence-corrected chi connectivity index (χ1v) is 8.59. The van der Waals surface area contributed by atoms with Gasteiger partial charge in [0.25, 0.3) is 0 Å². The van der Waals surface area contributed by atoms with Gasteiger partial charge in [-0.05, 0) is 30.7 Å². The number of aromatic hydroxyl groups is 1. The molecule has 5 heteroatoms. The number of rotatable bonds is 6. The van der Waals surface area contributed by atoms with E-state index in [1.54, 1.807) is 7.11 Å². The van der Waals surface area contributed by atoms with E-state index in [0.29, 0.717) is 24.1 Å². The van der Waals surface area contributed by atoms with Gasteiger partial charge in [-0.15, -0.1) is 0 Å². The Balaban J connectivity index is 2.26. The smallest absolute Gasteiger partial charge is 0.215 e. The third-order valence-electron chi connectivity index (χ3n) is 3.99. The summed E-state index contributed by atoms with van der Waals surface area (Å²) < 4.78 is 10.9. The average molecular weight is 353 g/mol. The summed E-state index contributed by atoms with van der Waals surface area (Å²) >= 11 is 0. The Kier molecular flexibility index (Phi) is 5.32. The first kappa shape index (κ1) is 17.4. The van der Waals surface area contributed by atoms with Crippen molar-refractivity contribution in [2.24, 2.45) is 0 Å². The van der Waals surface area contributed by atoms with Gasteiger partial charge in [0.05, 0.1) is 24.7 Å². The molecule has 0 saturated carbocycles. The van der Waals surface area contributed by atoms with Crippen molar-refractivity contribution in [3.05, 3.63) is 54.1 Å². The highest BCUT2D eigenvalue weighted by Crippen LogP contribution is 2.37. The van der Waals surface area contributed by atoms with Crippen molar-refractivity contribution < 1.29 is 14.6 Å². The van der Waals surface area contributed by atoms with E-state index in [-0.39, 0.29) is 5.88 Å². The SMILES string of the molecule is CCOC(=P)Cc1c(O)nc2ccccc2c1-c1cccc(OC)c1. The number of nitrogens with zero attached hydrogens (tertiary/aromatic N) is 1. The van der Waals surface area contributed by atoms with E-state index in [4.69, 9.17) is 9.47 Å². The zero-order valence-corrected chi connectivity index (χ0v) is 15.2. The van der Waals surface area contributed by atoms with Gasteiger partial charge in [-0.25, -0.2) is 4.98 Å². The Hall–Kier alpha value is -2.42. The van der Waals surface area contributed by atoms with Crippen LogP contribution < -0.4 is 4.74 Å². The lowest BCUT2D eigenvalue weighted by atomic mass is 9.94. The molecule has 0 saturated heterocycles. The summed E-state index contributed by atoms with van der Waals surface area (Å²) in [5.41, 5.74) is 3.99. The van der Waals surface area contributed by atoms with Crippen LogP contribution in [-0.4, -0.2) is 29.3 Å². The number of ether oxygens (including phenoxy) is 2. The first-order chi connectivity index (χ1) is 12.1. The molecule has 3 rings (SSSR count). The van der Waals surface area contributed by atoms with E-state index < -0.39 is 0 Å². The molecule has 0 aliphatic rings. The predicted molar refractivity (Wildman–Crippen MR) is 104 cm³/mol. The molecule has 0 spiro atoms. The zero-order valence-electron chi connectivity index (χ0n) is 14.2. The number of pyridine rings is 1. The third kappa shape index (κ3) is 3.65. The van der Waals surface area contributed by atoms with E-state index in [1.165, 1.54) is 0 Å². The van der Waals surface area contributed by atoms with Crippen LogP contribution in [0.4, 0.5) is 0 Å². The monoisotopic (exact) mass is 353 g/mol. The molecule has 4 nitrogen and oxygen atoms in total. The standard InChI is InChI=1S/C20H20NO3P/c1-3-24-18(25)12-16-19(13-7-6-8-14(11-13)23-2)15-9-4-5-10-17(15)21-20(16)22/h4-11,25H,3,12H2,1-2H3,(H,21,22). The molecule has 3 aromatic rings. The molecule has 0 atom stereocenters. The highest BCUT2D eigenvalue weighted by molar-refractivity contribution is 7.20. The van der Waals surface area contributed by atoms with Crippen LogP contribution >= 0.6 is 8.86 Å². The summed E-state index contributed by atoms with van der Waals surface area (Å²) in [4.78, 5) is 4.35. The third-order valence-corrected chi connectivity index (χ3v) is 4.31. The molecule has 1 N–H and O–H groups in total. The van der Waals surface area contributed by atoms with Gasteiger partial charge in [0, 0.05) is 22.9 Å². The van der Waals surface area contributed by atoms with Crippen molar-refractivity contribution in [1.82, 2.24) is 4.98 Å². The van der Waals surface area contributed by atoms with Crippen LogP contribution in [0, 0.1) is 0 Å². The van der Waals surface area contributed by atoms with Gasteiger partial charge >= 0.3 is 0 Å². The fourth-order valence-electron chi connectivity index (χ4n) is 2.90. The minimum atomic E-state index is 0.00646. The highest BCUT2D eigenvalue weighted by atomic mass is 31.0. The molecular formula is C20H20NO3P. The first-order valence-electron chi connectivity index (χ1n) is 8.09. The number of fused-ring (bicyclic) bond motifs is 1. The van der Waals surface area contributed by atoms with Gasteiger partial charge in [-0.3, -0.25) is 0 Å². The second kappa shape index (κ2) is 7.64. The molecule has 0 fully saturated rings. The average Bonchev–Trinajstić information content (AvgIpc) is 2.62. The lowest BCUT2D eigenvalue weighted by Crippen LogP contribution is -2.07. The van der Waals surface area contributed by atoms with Crippen LogP contribution in [-0.2, 0) is 11.2 Å². The zero-order chi connectivity index (χ0) is 17.8. The second-order valence-corrected chi connectivity index (χ2v) is 6.13. The summed E-state index contributed by atoms with van der Waals surface area (Å²) in [5, 5.41) is 11.5. The lowest BCUT2D eigenvalue weighted by molar-refractivity contribution is 0.328. The van der Waals surface area contributed by atoms with Crippen LogP contribution in [0.2, 0.25) is 0 Å². The fourth-order valence-corrected chi connectivity index (χ4v) is 3.22. The molecule has 128 valence electrons. The summed E-state index contributed by atoms with van der Waals surface area (Å²) in [6.07, 6.45) is 0.418. The number of benzene rings is 2. The summed E-state index contributed by atoms with van der Waals surface area (Å²) in [7, 11) is 5.14. The van der Waals surface area contributed by atoms with Crippen molar-refractivity contribution in [2.75, 3.05) is 13.7 Å². The van der Waals surface area contributed by atoms with Crippen molar-refractivity contribution >= 4 is 25.2 Å². The number of hydrogen-bond donors (Lipinski definition) is 1. The Morgan fingerprint density at radius 2 is 1.96 bits per heavy atom. The van der Waals surface area contributed by atoms with Crippen LogP contribution in [0.25, 0.3) is 22.0 Å². The quantitative estimate of drug-likeness (QED) is 0.665. The molecule has 2 aromatic carbocycles.